The van der Waals surface area contributed by atoms with Crippen molar-refractivity contribution in [3.63, 3.8) is 0 Å². The number of hydrogen-bond acceptors (Lipinski definition) is 4. The fourth-order valence-corrected chi connectivity index (χ4v) is 1.25. The molecule has 2 N–H and O–H groups in total. The fourth-order valence-electron chi connectivity index (χ4n) is 1.25. The van der Waals surface area contributed by atoms with Gasteiger partial charge in [-0.05, 0) is 5.53 Å². The average molecular weight is 185 g/mol. The molecule has 6 heteroatoms. The van der Waals surface area contributed by atoms with Gasteiger partial charge in [0.25, 0.3) is 0 Å². The third-order valence-corrected chi connectivity index (χ3v) is 1.97. The third-order valence-electron chi connectivity index (χ3n) is 1.97. The van der Waals surface area contributed by atoms with Gasteiger partial charge in [0.05, 0.1) is 19.3 Å². The molecule has 0 unspecified atom stereocenters. The highest BCUT2D eigenvalue weighted by Gasteiger charge is 2.24. The average Bonchev–Trinajstić information content (AvgIpc) is 2.07. The van der Waals surface area contributed by atoms with Crippen LogP contribution in [0.3, 0.4) is 0 Å². The molecule has 6 nitrogen and oxygen atoms in total. The first-order chi connectivity index (χ1) is 6.36. The second-order valence-electron chi connectivity index (χ2n) is 3.02. The highest BCUT2D eigenvalue weighted by molar-refractivity contribution is 4.85. The van der Waals surface area contributed by atoms with Crippen molar-refractivity contribution in [1.29, 1.82) is 0 Å². The van der Waals surface area contributed by atoms with E-state index in [2.05, 4.69) is 14.9 Å². The summed E-state index contributed by atoms with van der Waals surface area (Å²) < 4.78 is 5.21. The van der Waals surface area contributed by atoms with Crippen LogP contribution in [-0.4, -0.2) is 50.3 Å². The zero-order chi connectivity index (χ0) is 9.52. The van der Waals surface area contributed by atoms with Crippen LogP contribution in [0.4, 0.5) is 0 Å². The molecular formula is C7H15N5O. The van der Waals surface area contributed by atoms with Crippen LogP contribution in [0.1, 0.15) is 0 Å². The maximum Gasteiger partial charge on any atom is 0.0628 e. The standard InChI is InChI=1S/C7H15N5O/c8-1-3-13-4-2-12-5-7(6-12)10-11-9/h7H,1-6,8H2. The van der Waals surface area contributed by atoms with Crippen molar-refractivity contribution in [2.75, 3.05) is 39.4 Å². The monoisotopic (exact) mass is 185 g/mol. The fraction of sp³-hybridized carbons (Fsp3) is 1.00. The predicted octanol–water partition coefficient (Wildman–Crippen LogP) is -0.0438. The minimum Gasteiger partial charge on any atom is -0.379 e. The number of rotatable bonds is 6. The quantitative estimate of drug-likeness (QED) is 0.272. The Bertz CT molecular complexity index is 185. The van der Waals surface area contributed by atoms with Gasteiger partial charge in [-0.25, -0.2) is 0 Å². The van der Waals surface area contributed by atoms with E-state index < -0.39 is 0 Å². The Kier molecular flexibility index (Phi) is 4.56. The van der Waals surface area contributed by atoms with Crippen LogP contribution in [0.15, 0.2) is 5.11 Å². The van der Waals surface area contributed by atoms with E-state index in [0.717, 1.165) is 19.6 Å². The largest absolute Gasteiger partial charge is 0.379 e. The highest BCUT2D eigenvalue weighted by Crippen LogP contribution is 2.10. The lowest BCUT2D eigenvalue weighted by Gasteiger charge is -2.36. The Morgan fingerprint density at radius 3 is 2.92 bits per heavy atom. The summed E-state index contributed by atoms with van der Waals surface area (Å²) >= 11 is 0. The molecule has 1 aliphatic rings. The van der Waals surface area contributed by atoms with Crippen molar-refractivity contribution >= 4 is 0 Å². The number of nitrogens with two attached hydrogens (primary N) is 1. The van der Waals surface area contributed by atoms with Gasteiger partial charge in [-0.15, -0.1) is 0 Å². The summed E-state index contributed by atoms with van der Waals surface area (Å²) in [6.45, 7) is 4.51. The summed E-state index contributed by atoms with van der Waals surface area (Å²) in [6.07, 6.45) is 0. The molecule has 0 spiro atoms. The molecule has 1 heterocycles. The van der Waals surface area contributed by atoms with Crippen molar-refractivity contribution in [3.8, 4) is 0 Å². The molecule has 0 aromatic rings. The Balaban J connectivity index is 1.92. The van der Waals surface area contributed by atoms with Crippen molar-refractivity contribution in [1.82, 2.24) is 4.90 Å². The molecular weight excluding hydrogens is 170 g/mol. The van der Waals surface area contributed by atoms with E-state index in [0.29, 0.717) is 19.8 Å². The lowest BCUT2D eigenvalue weighted by atomic mass is 10.1. The summed E-state index contributed by atoms with van der Waals surface area (Å²) in [6, 6.07) is 0.166. The van der Waals surface area contributed by atoms with Crippen LogP contribution in [0, 0.1) is 0 Å². The zero-order valence-electron chi connectivity index (χ0n) is 7.59. The van der Waals surface area contributed by atoms with Crippen LogP contribution >= 0.6 is 0 Å². The Labute approximate surface area is 77.3 Å². The molecule has 0 aromatic heterocycles. The van der Waals surface area contributed by atoms with Gasteiger partial charge in [0.2, 0.25) is 0 Å². The maximum atomic E-state index is 8.14. The van der Waals surface area contributed by atoms with E-state index in [1.807, 2.05) is 0 Å². The van der Waals surface area contributed by atoms with E-state index in [4.69, 9.17) is 16.0 Å². The molecule has 1 rings (SSSR count). The Morgan fingerprint density at radius 1 is 1.54 bits per heavy atom. The van der Waals surface area contributed by atoms with E-state index in [1.54, 1.807) is 0 Å². The molecule has 1 fully saturated rings. The molecule has 0 aliphatic carbocycles. The summed E-state index contributed by atoms with van der Waals surface area (Å²) in [5.74, 6) is 0. The van der Waals surface area contributed by atoms with E-state index >= 15 is 0 Å². The van der Waals surface area contributed by atoms with Gasteiger partial charge >= 0.3 is 0 Å². The van der Waals surface area contributed by atoms with Gasteiger partial charge in [-0.2, -0.15) is 0 Å². The summed E-state index contributed by atoms with van der Waals surface area (Å²) in [4.78, 5) is 4.94. The SMILES string of the molecule is [N-]=[N+]=NC1CN(CCOCCN)C1. The molecule has 0 amide bonds. The normalized spacial score (nSPS) is 17.9. The smallest absolute Gasteiger partial charge is 0.0628 e. The van der Waals surface area contributed by atoms with Crippen LogP contribution in [-0.2, 0) is 4.74 Å². The lowest BCUT2D eigenvalue weighted by Crippen LogP contribution is -2.50. The number of hydrogen-bond donors (Lipinski definition) is 1. The second-order valence-corrected chi connectivity index (χ2v) is 3.02. The van der Waals surface area contributed by atoms with Crippen molar-refractivity contribution in [2.24, 2.45) is 10.8 Å². The first-order valence-electron chi connectivity index (χ1n) is 4.41. The molecule has 1 saturated heterocycles. The Morgan fingerprint density at radius 2 is 2.31 bits per heavy atom. The van der Waals surface area contributed by atoms with Crippen LogP contribution in [0.2, 0.25) is 0 Å². The van der Waals surface area contributed by atoms with Crippen molar-refractivity contribution in [2.45, 2.75) is 6.04 Å². The number of nitrogens with zero attached hydrogens (tertiary/aromatic N) is 4. The summed E-state index contributed by atoms with van der Waals surface area (Å²) in [5, 5.41) is 3.60. The molecule has 0 atom stereocenters. The first-order valence-corrected chi connectivity index (χ1v) is 4.41. The van der Waals surface area contributed by atoms with Gasteiger partial charge in [0, 0.05) is 31.1 Å². The summed E-state index contributed by atoms with van der Waals surface area (Å²) in [5.41, 5.74) is 13.4. The van der Waals surface area contributed by atoms with Gasteiger partial charge in [0.1, 0.15) is 0 Å². The number of ether oxygens (including phenoxy) is 1. The second kappa shape index (κ2) is 5.77. The van der Waals surface area contributed by atoms with E-state index in [1.165, 1.54) is 0 Å². The maximum absolute atomic E-state index is 8.14. The van der Waals surface area contributed by atoms with Crippen molar-refractivity contribution in [3.05, 3.63) is 10.4 Å². The lowest BCUT2D eigenvalue weighted by molar-refractivity contribution is 0.0746. The van der Waals surface area contributed by atoms with E-state index in [-0.39, 0.29) is 6.04 Å². The van der Waals surface area contributed by atoms with Gasteiger partial charge in [-0.3, -0.25) is 0 Å². The topological polar surface area (TPSA) is 87.2 Å². The van der Waals surface area contributed by atoms with Crippen LogP contribution in [0.5, 0.6) is 0 Å². The Hall–Kier alpha value is -0.810. The molecule has 0 radical (unpaired) electrons. The van der Waals surface area contributed by atoms with Crippen LogP contribution in [0.25, 0.3) is 10.4 Å². The van der Waals surface area contributed by atoms with Crippen LogP contribution < -0.4 is 5.73 Å². The third kappa shape index (κ3) is 3.61. The molecule has 0 bridgehead atoms. The minimum absolute atomic E-state index is 0.166. The highest BCUT2D eigenvalue weighted by atomic mass is 16.5. The van der Waals surface area contributed by atoms with Gasteiger partial charge in [0.15, 0.2) is 0 Å². The predicted molar refractivity (Wildman–Crippen MR) is 49.2 cm³/mol. The van der Waals surface area contributed by atoms with Crippen molar-refractivity contribution < 1.29 is 4.74 Å². The minimum atomic E-state index is 0.166. The molecule has 0 aromatic carbocycles. The summed E-state index contributed by atoms with van der Waals surface area (Å²) in [7, 11) is 0. The first kappa shape index (κ1) is 10.3. The molecule has 74 valence electrons. The molecule has 13 heavy (non-hydrogen) atoms. The molecule has 0 saturated carbocycles. The van der Waals surface area contributed by atoms with E-state index in [9.17, 15) is 0 Å². The number of likely N-dealkylation sites (tertiary alicyclic amines) is 1. The molecule has 1 aliphatic heterocycles. The van der Waals surface area contributed by atoms with Gasteiger partial charge < -0.3 is 15.4 Å². The number of azide groups is 1. The van der Waals surface area contributed by atoms with Gasteiger partial charge in [-0.1, -0.05) is 5.11 Å². The zero-order valence-corrected chi connectivity index (χ0v) is 7.59.